The van der Waals surface area contributed by atoms with Gasteiger partial charge in [0.1, 0.15) is 0 Å². The molecule has 0 N–H and O–H groups in total. The van der Waals surface area contributed by atoms with Crippen LogP contribution in [0.1, 0.15) is 0 Å². The van der Waals surface area contributed by atoms with Crippen molar-refractivity contribution in [1.82, 2.24) is 11.0 Å². The van der Waals surface area contributed by atoms with E-state index < -0.39 is 17.3 Å². The van der Waals surface area contributed by atoms with E-state index in [4.69, 9.17) is 0 Å². The van der Waals surface area contributed by atoms with Crippen molar-refractivity contribution in [2.24, 2.45) is 0 Å². The third-order valence-corrected chi connectivity index (χ3v) is 0.351. The lowest BCUT2D eigenvalue weighted by atomic mass is 11.3. The van der Waals surface area contributed by atoms with Gasteiger partial charge in [0.25, 0.3) is 0 Å². The van der Waals surface area contributed by atoms with Crippen LogP contribution < -0.4 is 0 Å². The molecule has 0 atom stereocenters. The van der Waals surface area contributed by atoms with E-state index in [2.05, 4.69) is 9.68 Å². The minimum atomic E-state index is -5.10. The van der Waals surface area contributed by atoms with Gasteiger partial charge >= 0.3 is 6.29 Å². The lowest BCUT2D eigenvalue weighted by molar-refractivity contribution is -0.609. The number of alkyl halides is 2. The Hall–Kier alpha value is -0.580. The summed E-state index contributed by atoms with van der Waals surface area (Å²) in [6.07, 6.45) is -5.10. The smallest absolute Gasteiger partial charge is 0.145 e. The first-order chi connectivity index (χ1) is 4.83. The van der Waals surface area contributed by atoms with Crippen molar-refractivity contribution in [2.75, 3.05) is 0 Å². The van der Waals surface area contributed by atoms with Gasteiger partial charge in [-0.2, -0.15) is 0 Å². The van der Waals surface area contributed by atoms with E-state index in [0.717, 1.165) is 0 Å². The van der Waals surface area contributed by atoms with E-state index in [1.54, 1.807) is 0 Å². The van der Waals surface area contributed by atoms with Crippen molar-refractivity contribution in [3.63, 3.8) is 0 Å². The molecule has 0 aliphatic rings. The molecule has 0 aromatic heterocycles. The van der Waals surface area contributed by atoms with Crippen molar-refractivity contribution in [2.45, 2.75) is 6.29 Å². The average Bonchev–Trinajstić information content (AvgIpc) is 1.53. The summed E-state index contributed by atoms with van der Waals surface area (Å²) in [5.74, 6) is 0. The summed E-state index contributed by atoms with van der Waals surface area (Å²) in [4.78, 5) is 4.34. The van der Waals surface area contributed by atoms with Gasteiger partial charge in [0.15, 0.2) is 11.0 Å². The summed E-state index contributed by atoms with van der Waals surface area (Å²) in [7, 11) is 0. The van der Waals surface area contributed by atoms with Crippen molar-refractivity contribution in [3.05, 3.63) is 0 Å². The van der Waals surface area contributed by atoms with Crippen LogP contribution >= 0.6 is 0 Å². The predicted octanol–water partition coefficient (Wildman–Crippen LogP) is 1.54. The first-order valence-electron chi connectivity index (χ1n) is 1.83. The van der Waals surface area contributed by atoms with Crippen molar-refractivity contribution < 1.29 is 36.4 Å². The molecule has 0 fully saturated rings. The molecule has 0 aromatic carbocycles. The normalized spacial score (nSPS) is 13.1. The van der Waals surface area contributed by atoms with Crippen LogP contribution in [0.15, 0.2) is 0 Å². The lowest BCUT2D eigenvalue weighted by Gasteiger charge is -2.12. The summed E-state index contributed by atoms with van der Waals surface area (Å²) < 4.78 is 65.9. The Morgan fingerprint density at radius 1 is 0.818 bits per heavy atom. The summed E-state index contributed by atoms with van der Waals surface area (Å²) in [6.45, 7) is 0. The highest BCUT2D eigenvalue weighted by molar-refractivity contribution is 4.18. The standard InChI is InChI=1S/CF6N2O2/c2-1(3,10-8(4)5)11-9(6)7. The molecule has 0 rings (SSSR count). The van der Waals surface area contributed by atoms with Gasteiger partial charge in [-0.05, 0) is 0 Å². The number of hydrogen-bond acceptors (Lipinski definition) is 4. The predicted molar refractivity (Wildman–Crippen MR) is 15.2 cm³/mol. The van der Waals surface area contributed by atoms with Crippen LogP contribution in [0.4, 0.5) is 26.7 Å². The van der Waals surface area contributed by atoms with E-state index in [-0.39, 0.29) is 0 Å². The molecule has 0 radical (unpaired) electrons. The van der Waals surface area contributed by atoms with Gasteiger partial charge in [-0.25, -0.2) is 0 Å². The van der Waals surface area contributed by atoms with Crippen molar-refractivity contribution in [1.29, 1.82) is 0 Å². The first-order valence-corrected chi connectivity index (χ1v) is 1.83. The number of nitrogens with zero attached hydrogens (tertiary/aromatic N) is 2. The number of rotatable bonds is 4. The highest BCUT2D eigenvalue weighted by Gasteiger charge is 2.40. The van der Waals surface area contributed by atoms with Crippen LogP contribution in [-0.4, -0.2) is 17.3 Å². The minimum Gasteiger partial charge on any atom is -0.145 e. The molecule has 0 heterocycles. The van der Waals surface area contributed by atoms with Crippen LogP contribution in [-0.2, 0) is 9.68 Å². The molecule has 0 saturated heterocycles. The Balaban J connectivity index is 3.79. The fourth-order valence-corrected chi connectivity index (χ4v) is 0.177. The van der Waals surface area contributed by atoms with Crippen LogP contribution in [0.3, 0.4) is 0 Å². The zero-order chi connectivity index (χ0) is 9.07. The molecule has 68 valence electrons. The topological polar surface area (TPSA) is 24.9 Å². The molecule has 4 nitrogen and oxygen atoms in total. The maximum absolute atomic E-state index is 11.4. The lowest BCUT2D eigenvalue weighted by Crippen LogP contribution is -2.31. The van der Waals surface area contributed by atoms with Gasteiger partial charge in [0.05, 0.1) is 0 Å². The second-order valence-electron chi connectivity index (χ2n) is 1.05. The molecule has 0 aliphatic heterocycles. The maximum Gasteiger partial charge on any atom is 0.526 e. The molecule has 0 bridgehead atoms. The summed E-state index contributed by atoms with van der Waals surface area (Å²) in [5, 5.41) is 0. The Morgan fingerprint density at radius 2 is 1.09 bits per heavy atom. The Kier molecular flexibility index (Phi) is 3.51. The van der Waals surface area contributed by atoms with Crippen LogP contribution in [0, 0.1) is 0 Å². The van der Waals surface area contributed by atoms with Gasteiger partial charge in [-0.3, -0.25) is 0 Å². The summed E-state index contributed by atoms with van der Waals surface area (Å²) in [6, 6.07) is 0. The molecule has 0 unspecified atom stereocenters. The minimum absolute atomic E-state index is 2.17. The van der Waals surface area contributed by atoms with Gasteiger partial charge in [-0.1, -0.05) is 17.9 Å². The summed E-state index contributed by atoms with van der Waals surface area (Å²) in [5.41, 5.74) is -4.94. The van der Waals surface area contributed by atoms with E-state index in [9.17, 15) is 26.7 Å². The zero-order valence-corrected chi connectivity index (χ0v) is 4.48. The SMILES string of the molecule is FN(F)OC(F)(F)ON(F)F. The van der Waals surface area contributed by atoms with E-state index in [1.165, 1.54) is 0 Å². The highest BCUT2D eigenvalue weighted by Crippen LogP contribution is 2.21. The average molecular weight is 186 g/mol. The molecule has 10 heteroatoms. The Morgan fingerprint density at radius 3 is 1.27 bits per heavy atom. The Bertz CT molecular complexity index is 105. The van der Waals surface area contributed by atoms with Gasteiger partial charge in [-0.15, -0.1) is 18.5 Å². The summed E-state index contributed by atoms with van der Waals surface area (Å²) >= 11 is 0. The molecular weight excluding hydrogens is 186 g/mol. The van der Waals surface area contributed by atoms with Gasteiger partial charge in [0.2, 0.25) is 0 Å². The highest BCUT2D eigenvalue weighted by atomic mass is 19.4. The molecule has 11 heavy (non-hydrogen) atoms. The maximum atomic E-state index is 11.4. The zero-order valence-electron chi connectivity index (χ0n) is 4.48. The quantitative estimate of drug-likeness (QED) is 0.287. The third-order valence-electron chi connectivity index (χ3n) is 0.351. The largest absolute Gasteiger partial charge is 0.526 e. The van der Waals surface area contributed by atoms with E-state index in [0.29, 0.717) is 0 Å². The molecule has 0 aliphatic carbocycles. The Labute approximate surface area is 55.1 Å². The fourth-order valence-electron chi connectivity index (χ4n) is 0.177. The second kappa shape index (κ2) is 3.71. The molecule has 0 saturated carbocycles. The van der Waals surface area contributed by atoms with E-state index in [1.807, 2.05) is 0 Å². The molecule has 0 spiro atoms. The monoisotopic (exact) mass is 186 g/mol. The van der Waals surface area contributed by atoms with Crippen LogP contribution in [0.2, 0.25) is 0 Å². The van der Waals surface area contributed by atoms with Gasteiger partial charge < -0.3 is 0 Å². The number of hydrogen-bond donors (Lipinski definition) is 0. The molecule has 0 amide bonds. The third kappa shape index (κ3) is 5.84. The van der Waals surface area contributed by atoms with Crippen molar-refractivity contribution >= 4 is 0 Å². The van der Waals surface area contributed by atoms with E-state index >= 15 is 0 Å². The molecule has 0 aromatic rings. The van der Waals surface area contributed by atoms with Crippen molar-refractivity contribution in [3.8, 4) is 0 Å². The van der Waals surface area contributed by atoms with Crippen LogP contribution in [0.5, 0.6) is 0 Å². The molecular formula is CF6N2O2. The van der Waals surface area contributed by atoms with Crippen LogP contribution in [0.25, 0.3) is 0 Å². The van der Waals surface area contributed by atoms with Gasteiger partial charge in [0, 0.05) is 0 Å². The fraction of sp³-hybridized carbons (Fsp3) is 1.00. The number of halogens is 6. The first kappa shape index (κ1) is 10.4. The second-order valence-corrected chi connectivity index (χ2v) is 1.05.